The maximum Gasteiger partial charge on any atom is 0.241 e. The molecule has 0 unspecified atom stereocenters. The molecule has 0 N–H and O–H groups in total. The second kappa shape index (κ2) is 6.77. The van der Waals surface area contributed by atoms with Crippen LogP contribution in [0.3, 0.4) is 0 Å². The van der Waals surface area contributed by atoms with E-state index in [0.29, 0.717) is 35.9 Å². The first-order valence-corrected chi connectivity index (χ1v) is 8.57. The molecule has 0 saturated carbocycles. The lowest BCUT2D eigenvalue weighted by Gasteiger charge is -2.33. The van der Waals surface area contributed by atoms with Crippen LogP contribution in [0, 0.1) is 24.4 Å². The summed E-state index contributed by atoms with van der Waals surface area (Å²) in [6.07, 6.45) is 0.174. The normalized spacial score (nSPS) is 16.3. The number of benzene rings is 1. The van der Waals surface area contributed by atoms with Gasteiger partial charge in [0.1, 0.15) is 0 Å². The third-order valence-electron chi connectivity index (χ3n) is 4.73. The van der Waals surface area contributed by atoms with Crippen molar-refractivity contribution in [2.45, 2.75) is 32.7 Å². The zero-order chi connectivity index (χ0) is 20.0. The van der Waals surface area contributed by atoms with Crippen LogP contribution >= 0.6 is 0 Å². The Bertz CT molecular complexity index is 1040. The van der Waals surface area contributed by atoms with Gasteiger partial charge in [-0.3, -0.25) is 4.79 Å². The highest BCUT2D eigenvalue weighted by Gasteiger charge is 2.35. The van der Waals surface area contributed by atoms with Gasteiger partial charge in [0.15, 0.2) is 17.5 Å². The van der Waals surface area contributed by atoms with Crippen LogP contribution in [0.1, 0.15) is 35.7 Å². The largest absolute Gasteiger partial charge is 0.352 e. The predicted molar refractivity (Wildman–Crippen MR) is 88.4 cm³/mol. The van der Waals surface area contributed by atoms with Crippen molar-refractivity contribution in [2.24, 2.45) is 0 Å². The molecule has 10 heteroatoms. The van der Waals surface area contributed by atoms with Crippen molar-refractivity contribution in [3.05, 3.63) is 52.3 Å². The molecule has 0 bridgehead atoms. The molecule has 28 heavy (non-hydrogen) atoms. The van der Waals surface area contributed by atoms with E-state index in [4.69, 9.17) is 9.05 Å². The van der Waals surface area contributed by atoms with E-state index in [0.717, 1.165) is 12.1 Å². The van der Waals surface area contributed by atoms with Gasteiger partial charge in [0.25, 0.3) is 0 Å². The lowest BCUT2D eigenvalue weighted by molar-refractivity contribution is -0.133. The standard InChI is InChI=1S/C18H15F3N4O3/c1-8-15-13(23-28-17(15)18-22-9(2)27-24-18)3-4-25(8)14(26)7-10-5-11(19)16(21)12(20)6-10/h5-6,8H,3-4,7H2,1-2H3/t8-/m0/s1. The summed E-state index contributed by atoms with van der Waals surface area (Å²) in [6, 6.07) is 1.22. The van der Waals surface area contributed by atoms with E-state index < -0.39 is 23.5 Å². The Morgan fingerprint density at radius 3 is 2.57 bits per heavy atom. The summed E-state index contributed by atoms with van der Waals surface area (Å²) in [7, 11) is 0. The van der Waals surface area contributed by atoms with Crippen LogP contribution in [0.5, 0.6) is 0 Å². The quantitative estimate of drug-likeness (QED) is 0.637. The number of nitrogens with zero attached hydrogens (tertiary/aromatic N) is 4. The second-order valence-electron chi connectivity index (χ2n) is 6.57. The second-order valence-corrected chi connectivity index (χ2v) is 6.57. The molecule has 7 nitrogen and oxygen atoms in total. The van der Waals surface area contributed by atoms with E-state index in [-0.39, 0.29) is 23.7 Å². The van der Waals surface area contributed by atoms with Gasteiger partial charge in [-0.05, 0) is 24.6 Å². The van der Waals surface area contributed by atoms with Gasteiger partial charge in [-0.1, -0.05) is 10.3 Å². The molecule has 3 heterocycles. The van der Waals surface area contributed by atoms with Gasteiger partial charge in [-0.2, -0.15) is 4.98 Å². The summed E-state index contributed by atoms with van der Waals surface area (Å²) in [4.78, 5) is 18.4. The number of amides is 1. The topological polar surface area (TPSA) is 85.3 Å². The first kappa shape index (κ1) is 18.2. The SMILES string of the molecule is Cc1nc(-c2onc3c2[C@H](C)N(C(=O)Cc2cc(F)c(F)c(F)c2)CC3)no1. The molecule has 146 valence electrons. The Balaban J connectivity index is 1.60. The van der Waals surface area contributed by atoms with Gasteiger partial charge >= 0.3 is 0 Å². The monoisotopic (exact) mass is 392 g/mol. The minimum atomic E-state index is -1.56. The molecule has 0 saturated heterocycles. The molecule has 1 aliphatic rings. The highest BCUT2D eigenvalue weighted by atomic mass is 19.2. The summed E-state index contributed by atoms with van der Waals surface area (Å²) >= 11 is 0. The number of carbonyl (C=O) groups is 1. The predicted octanol–water partition coefficient (Wildman–Crippen LogP) is 3.14. The van der Waals surface area contributed by atoms with E-state index >= 15 is 0 Å². The first-order chi connectivity index (χ1) is 13.3. The van der Waals surface area contributed by atoms with Crippen LogP contribution < -0.4 is 0 Å². The smallest absolute Gasteiger partial charge is 0.241 e. The Morgan fingerprint density at radius 1 is 1.21 bits per heavy atom. The summed E-state index contributed by atoms with van der Waals surface area (Å²) in [5, 5.41) is 7.85. The molecule has 1 aromatic carbocycles. The Morgan fingerprint density at radius 2 is 1.93 bits per heavy atom. The Hall–Kier alpha value is -3.17. The number of hydrogen-bond donors (Lipinski definition) is 0. The summed E-state index contributed by atoms with van der Waals surface area (Å²) in [5.74, 6) is -3.67. The summed E-state index contributed by atoms with van der Waals surface area (Å²) < 4.78 is 50.3. The number of halogens is 3. The van der Waals surface area contributed by atoms with Gasteiger partial charge < -0.3 is 13.9 Å². The van der Waals surface area contributed by atoms with E-state index in [1.807, 2.05) is 0 Å². The molecule has 1 atom stereocenters. The number of rotatable bonds is 3. The van der Waals surface area contributed by atoms with Gasteiger partial charge in [0.05, 0.1) is 18.2 Å². The fourth-order valence-electron chi connectivity index (χ4n) is 3.40. The fraction of sp³-hybridized carbons (Fsp3) is 0.333. The molecule has 1 amide bonds. The van der Waals surface area contributed by atoms with Crippen molar-refractivity contribution in [1.29, 1.82) is 0 Å². The van der Waals surface area contributed by atoms with Gasteiger partial charge in [-0.25, -0.2) is 13.2 Å². The van der Waals surface area contributed by atoms with Crippen LogP contribution in [-0.4, -0.2) is 32.6 Å². The third kappa shape index (κ3) is 3.04. The minimum absolute atomic E-state index is 0.0544. The van der Waals surface area contributed by atoms with E-state index in [1.54, 1.807) is 18.7 Å². The molecular formula is C18H15F3N4O3. The van der Waals surface area contributed by atoms with Crippen molar-refractivity contribution >= 4 is 5.91 Å². The number of carbonyl (C=O) groups excluding carboxylic acids is 1. The average Bonchev–Trinajstić information content (AvgIpc) is 3.26. The molecule has 3 aromatic rings. The van der Waals surface area contributed by atoms with E-state index in [9.17, 15) is 18.0 Å². The maximum absolute atomic E-state index is 13.4. The fourth-order valence-corrected chi connectivity index (χ4v) is 3.40. The van der Waals surface area contributed by atoms with Crippen molar-refractivity contribution in [3.63, 3.8) is 0 Å². The molecule has 0 aliphatic carbocycles. The third-order valence-corrected chi connectivity index (χ3v) is 4.73. The first-order valence-electron chi connectivity index (χ1n) is 8.57. The van der Waals surface area contributed by atoms with Crippen LogP contribution in [0.2, 0.25) is 0 Å². The molecule has 0 spiro atoms. The van der Waals surface area contributed by atoms with Crippen LogP contribution in [0.15, 0.2) is 21.2 Å². The summed E-state index contributed by atoms with van der Waals surface area (Å²) in [6.45, 7) is 3.78. The van der Waals surface area contributed by atoms with Crippen molar-refractivity contribution in [1.82, 2.24) is 20.2 Å². The van der Waals surface area contributed by atoms with Crippen LogP contribution in [-0.2, 0) is 17.6 Å². The van der Waals surface area contributed by atoms with Gasteiger partial charge in [0, 0.05) is 25.5 Å². The molecular weight excluding hydrogens is 377 g/mol. The highest BCUT2D eigenvalue weighted by molar-refractivity contribution is 5.80. The number of aryl methyl sites for hydroxylation is 1. The Labute approximate surface area is 157 Å². The zero-order valence-electron chi connectivity index (χ0n) is 15.0. The average molecular weight is 392 g/mol. The molecule has 4 rings (SSSR count). The van der Waals surface area contributed by atoms with E-state index in [1.165, 1.54) is 0 Å². The molecule has 1 aliphatic heterocycles. The van der Waals surface area contributed by atoms with E-state index in [2.05, 4.69) is 15.3 Å². The van der Waals surface area contributed by atoms with Crippen LogP contribution in [0.25, 0.3) is 11.6 Å². The minimum Gasteiger partial charge on any atom is -0.352 e. The Kier molecular flexibility index (Phi) is 4.40. The molecule has 2 aromatic heterocycles. The lowest BCUT2D eigenvalue weighted by atomic mass is 9.96. The number of hydrogen-bond acceptors (Lipinski definition) is 6. The summed E-state index contributed by atoms with van der Waals surface area (Å²) in [5.41, 5.74) is 1.41. The number of fused-ring (bicyclic) bond motifs is 1. The molecule has 0 radical (unpaired) electrons. The molecule has 0 fully saturated rings. The van der Waals surface area contributed by atoms with Crippen molar-refractivity contribution in [3.8, 4) is 11.6 Å². The van der Waals surface area contributed by atoms with Crippen molar-refractivity contribution < 1.29 is 27.0 Å². The number of aromatic nitrogens is 3. The van der Waals surface area contributed by atoms with Gasteiger partial charge in [0.2, 0.25) is 23.4 Å². The van der Waals surface area contributed by atoms with Crippen LogP contribution in [0.4, 0.5) is 13.2 Å². The lowest BCUT2D eigenvalue weighted by Crippen LogP contribution is -2.39. The maximum atomic E-state index is 13.4. The highest BCUT2D eigenvalue weighted by Crippen LogP contribution is 2.36. The van der Waals surface area contributed by atoms with Gasteiger partial charge in [-0.15, -0.1) is 0 Å². The zero-order valence-corrected chi connectivity index (χ0v) is 15.0. The van der Waals surface area contributed by atoms with Crippen molar-refractivity contribution in [2.75, 3.05) is 6.54 Å².